The Morgan fingerprint density at radius 1 is 1.28 bits per heavy atom. The van der Waals surface area contributed by atoms with Crippen LogP contribution in [0.1, 0.15) is 42.5 Å². The van der Waals surface area contributed by atoms with E-state index >= 15 is 0 Å². The van der Waals surface area contributed by atoms with E-state index in [1.165, 1.54) is 12.1 Å². The zero-order valence-corrected chi connectivity index (χ0v) is 18.3. The first-order valence-electron chi connectivity index (χ1n) is 9.52. The Hall–Kier alpha value is -1.93. The average molecular weight is 436 g/mol. The van der Waals surface area contributed by atoms with Crippen molar-refractivity contribution in [2.24, 2.45) is 5.14 Å². The van der Waals surface area contributed by atoms with Crippen LogP contribution in [0, 0.1) is 13.8 Å². The van der Waals surface area contributed by atoms with Crippen molar-refractivity contribution in [2.75, 3.05) is 11.9 Å². The van der Waals surface area contributed by atoms with E-state index < -0.39 is 10.0 Å². The molecule has 6 nitrogen and oxygen atoms in total. The summed E-state index contributed by atoms with van der Waals surface area (Å²) in [6.07, 6.45) is 2.09. The van der Waals surface area contributed by atoms with E-state index in [0.29, 0.717) is 16.8 Å². The monoisotopic (exact) mass is 435 g/mol. The Labute approximate surface area is 177 Å². The molecule has 3 N–H and O–H groups in total. The predicted molar refractivity (Wildman–Crippen MR) is 116 cm³/mol. The van der Waals surface area contributed by atoms with E-state index in [2.05, 4.69) is 10.2 Å². The normalized spacial score (nSPS) is 15.4. The molecule has 29 heavy (non-hydrogen) atoms. The molecule has 1 amide bonds. The summed E-state index contributed by atoms with van der Waals surface area (Å²) in [6, 6.07) is 10.9. The van der Waals surface area contributed by atoms with Crippen LogP contribution in [0.4, 0.5) is 5.69 Å². The lowest BCUT2D eigenvalue weighted by Gasteiger charge is -2.29. The van der Waals surface area contributed by atoms with Crippen molar-refractivity contribution in [3.8, 4) is 0 Å². The highest BCUT2D eigenvalue weighted by molar-refractivity contribution is 7.89. The Bertz CT molecular complexity index is 1040. The highest BCUT2D eigenvalue weighted by Gasteiger charge is 2.34. The summed E-state index contributed by atoms with van der Waals surface area (Å²) in [5.74, 6) is -0.204. The molecule has 156 valence electrons. The molecular weight excluding hydrogens is 410 g/mol. The van der Waals surface area contributed by atoms with Gasteiger partial charge < -0.3 is 5.32 Å². The Kier molecular flexibility index (Phi) is 6.33. The topological polar surface area (TPSA) is 92.5 Å². The molecule has 0 saturated heterocycles. The second kappa shape index (κ2) is 8.44. The molecule has 0 radical (unpaired) electrons. The maximum atomic E-state index is 12.8. The zero-order chi connectivity index (χ0) is 21.3. The van der Waals surface area contributed by atoms with Gasteiger partial charge in [0, 0.05) is 22.8 Å². The summed E-state index contributed by atoms with van der Waals surface area (Å²) in [4.78, 5) is 15.0. The first-order valence-corrected chi connectivity index (χ1v) is 11.4. The predicted octanol–water partition coefficient (Wildman–Crippen LogP) is 3.77. The number of sulfonamides is 1. The molecule has 3 rings (SSSR count). The fourth-order valence-corrected chi connectivity index (χ4v) is 4.37. The first-order chi connectivity index (χ1) is 13.6. The van der Waals surface area contributed by atoms with Gasteiger partial charge in [-0.1, -0.05) is 29.8 Å². The van der Waals surface area contributed by atoms with Gasteiger partial charge in [-0.3, -0.25) is 9.69 Å². The number of rotatable bonds is 7. The van der Waals surface area contributed by atoms with Gasteiger partial charge in [-0.2, -0.15) is 0 Å². The third kappa shape index (κ3) is 5.17. The molecule has 0 bridgehead atoms. The number of aryl methyl sites for hydroxylation is 1. The zero-order valence-electron chi connectivity index (χ0n) is 16.8. The molecular formula is C21H26ClN3O3S. The lowest BCUT2D eigenvalue weighted by Crippen LogP contribution is -2.37. The molecule has 2 aromatic rings. The van der Waals surface area contributed by atoms with Gasteiger partial charge in [0.2, 0.25) is 15.9 Å². The highest BCUT2D eigenvalue weighted by Crippen LogP contribution is 2.36. The standard InChI is InChI=1S/C21H26ClN3O3S/c1-13-10-17(29(23,27)28)11-20(14(13)2)24-21(26)12-25(16-8-9-16)15(3)18-6-4-5-7-19(18)22/h4-7,10-11,15-16H,8-9,12H2,1-3H3,(H,24,26)(H2,23,27,28). The van der Waals surface area contributed by atoms with E-state index in [1.807, 2.05) is 38.1 Å². The summed E-state index contributed by atoms with van der Waals surface area (Å²) in [5.41, 5.74) is 3.00. The molecule has 1 aliphatic carbocycles. The van der Waals surface area contributed by atoms with Crippen molar-refractivity contribution < 1.29 is 13.2 Å². The van der Waals surface area contributed by atoms with Crippen LogP contribution >= 0.6 is 11.6 Å². The summed E-state index contributed by atoms with van der Waals surface area (Å²) in [5, 5.41) is 8.80. The molecule has 2 aromatic carbocycles. The van der Waals surface area contributed by atoms with Gasteiger partial charge in [-0.15, -0.1) is 0 Å². The number of nitrogens with zero attached hydrogens (tertiary/aromatic N) is 1. The quantitative estimate of drug-likeness (QED) is 0.692. The lowest BCUT2D eigenvalue weighted by atomic mass is 10.1. The van der Waals surface area contributed by atoms with Gasteiger partial charge in [-0.05, 0) is 68.5 Å². The van der Waals surface area contributed by atoms with Gasteiger partial charge in [0.1, 0.15) is 0 Å². The minimum Gasteiger partial charge on any atom is -0.325 e. The van der Waals surface area contributed by atoms with Gasteiger partial charge in [0.25, 0.3) is 0 Å². The Balaban J connectivity index is 1.80. The van der Waals surface area contributed by atoms with Crippen LogP contribution in [0.5, 0.6) is 0 Å². The van der Waals surface area contributed by atoms with Crippen molar-refractivity contribution >= 4 is 33.2 Å². The fourth-order valence-electron chi connectivity index (χ4n) is 3.46. The molecule has 1 unspecified atom stereocenters. The molecule has 0 heterocycles. The van der Waals surface area contributed by atoms with Crippen LogP contribution in [0.15, 0.2) is 41.3 Å². The van der Waals surface area contributed by atoms with Gasteiger partial charge in [0.15, 0.2) is 0 Å². The largest absolute Gasteiger partial charge is 0.325 e. The number of amides is 1. The van der Waals surface area contributed by atoms with E-state index in [-0.39, 0.29) is 23.4 Å². The molecule has 1 fully saturated rings. The molecule has 0 spiro atoms. The lowest BCUT2D eigenvalue weighted by molar-refractivity contribution is -0.118. The molecule has 1 saturated carbocycles. The van der Waals surface area contributed by atoms with Gasteiger partial charge in [-0.25, -0.2) is 13.6 Å². The van der Waals surface area contributed by atoms with Crippen molar-refractivity contribution in [3.63, 3.8) is 0 Å². The van der Waals surface area contributed by atoms with Crippen LogP contribution in [0.2, 0.25) is 5.02 Å². The van der Waals surface area contributed by atoms with E-state index in [9.17, 15) is 13.2 Å². The molecule has 0 aromatic heterocycles. The second-order valence-electron chi connectivity index (χ2n) is 7.61. The molecule has 0 aliphatic heterocycles. The van der Waals surface area contributed by atoms with Crippen LogP contribution in [0.25, 0.3) is 0 Å². The summed E-state index contributed by atoms with van der Waals surface area (Å²) < 4.78 is 23.5. The number of benzene rings is 2. The SMILES string of the molecule is Cc1cc(S(N)(=O)=O)cc(NC(=O)CN(C2CC2)C(C)c2ccccc2Cl)c1C. The Morgan fingerprint density at radius 2 is 1.93 bits per heavy atom. The number of halogens is 1. The second-order valence-corrected chi connectivity index (χ2v) is 9.58. The van der Waals surface area contributed by atoms with Crippen molar-refractivity contribution in [1.82, 2.24) is 4.90 Å². The van der Waals surface area contributed by atoms with Crippen molar-refractivity contribution in [1.29, 1.82) is 0 Å². The average Bonchev–Trinajstić information content (AvgIpc) is 3.47. The number of carbonyl (C=O) groups is 1. The summed E-state index contributed by atoms with van der Waals surface area (Å²) in [6.45, 7) is 5.86. The summed E-state index contributed by atoms with van der Waals surface area (Å²) >= 11 is 6.36. The van der Waals surface area contributed by atoms with Crippen LogP contribution in [-0.4, -0.2) is 31.8 Å². The Morgan fingerprint density at radius 3 is 2.52 bits per heavy atom. The van der Waals surface area contributed by atoms with Crippen LogP contribution in [0.3, 0.4) is 0 Å². The number of primary sulfonamides is 1. The number of nitrogens with one attached hydrogen (secondary N) is 1. The number of anilines is 1. The number of hydrogen-bond donors (Lipinski definition) is 2. The van der Waals surface area contributed by atoms with Crippen LogP contribution in [-0.2, 0) is 14.8 Å². The third-order valence-electron chi connectivity index (χ3n) is 5.44. The molecule has 1 aliphatic rings. The van der Waals surface area contributed by atoms with E-state index in [1.54, 1.807) is 6.92 Å². The number of nitrogens with two attached hydrogens (primary N) is 1. The van der Waals surface area contributed by atoms with Crippen molar-refractivity contribution in [2.45, 2.75) is 50.6 Å². The minimum absolute atomic E-state index is 0.0134. The maximum Gasteiger partial charge on any atom is 0.238 e. The number of hydrogen-bond acceptors (Lipinski definition) is 4. The van der Waals surface area contributed by atoms with Crippen molar-refractivity contribution in [3.05, 3.63) is 58.1 Å². The molecule has 8 heteroatoms. The number of carbonyl (C=O) groups excluding carboxylic acids is 1. The van der Waals surface area contributed by atoms with Gasteiger partial charge >= 0.3 is 0 Å². The maximum absolute atomic E-state index is 12.8. The minimum atomic E-state index is -3.86. The van der Waals surface area contributed by atoms with Crippen LogP contribution < -0.4 is 10.5 Å². The van der Waals surface area contributed by atoms with Gasteiger partial charge in [0.05, 0.1) is 11.4 Å². The third-order valence-corrected chi connectivity index (χ3v) is 6.68. The van der Waals surface area contributed by atoms with E-state index in [0.717, 1.165) is 29.5 Å². The summed E-state index contributed by atoms with van der Waals surface area (Å²) in [7, 11) is -3.86. The highest BCUT2D eigenvalue weighted by atomic mass is 35.5. The fraction of sp³-hybridized carbons (Fsp3) is 0.381. The van der Waals surface area contributed by atoms with E-state index in [4.69, 9.17) is 16.7 Å². The first kappa shape index (κ1) is 21.8. The molecule has 1 atom stereocenters. The smallest absolute Gasteiger partial charge is 0.238 e.